The maximum Gasteiger partial charge on any atom is 0.317 e. The van der Waals surface area contributed by atoms with Gasteiger partial charge < -0.3 is 8.23 Å². The van der Waals surface area contributed by atoms with Gasteiger partial charge in [-0.2, -0.15) is 0 Å². The number of rotatable bonds is 10. The summed E-state index contributed by atoms with van der Waals surface area (Å²) in [5.74, 6) is 0.895. The quantitative estimate of drug-likeness (QED) is 0.350. The molecule has 0 N–H and O–H groups in total. The summed E-state index contributed by atoms with van der Waals surface area (Å²) in [5, 5.41) is 0. The second-order valence-corrected chi connectivity index (χ2v) is 21.8. The highest BCUT2D eigenvalue weighted by atomic mass is 28.5. The van der Waals surface area contributed by atoms with E-state index in [1.165, 1.54) is 38.5 Å². The number of hydrogen-bond acceptors (Lipinski definition) is 2. The lowest BCUT2D eigenvalue weighted by Crippen LogP contribution is -2.53. The molecule has 0 amide bonds. The molecule has 0 radical (unpaired) electrons. The highest BCUT2D eigenvalue weighted by Crippen LogP contribution is 2.56. The van der Waals surface area contributed by atoms with Crippen molar-refractivity contribution in [2.24, 2.45) is 5.92 Å². The average Bonchev–Trinajstić information content (AvgIpc) is 2.99. The van der Waals surface area contributed by atoms with E-state index in [0.29, 0.717) is 0 Å². The molecule has 1 saturated carbocycles. The molecule has 0 aromatic carbocycles. The van der Waals surface area contributed by atoms with Crippen LogP contribution >= 0.6 is 0 Å². The average molecular weight is 347 g/mol. The Hall–Kier alpha value is 0.571. The van der Waals surface area contributed by atoms with Gasteiger partial charge in [0, 0.05) is 5.54 Å². The minimum atomic E-state index is -1.99. The normalized spacial score (nSPS) is 23.4. The van der Waals surface area contributed by atoms with E-state index in [9.17, 15) is 0 Å². The molecule has 0 saturated heterocycles. The zero-order valence-electron chi connectivity index (χ0n) is 15.7. The van der Waals surface area contributed by atoms with Crippen LogP contribution in [-0.2, 0) is 8.23 Å². The van der Waals surface area contributed by atoms with Gasteiger partial charge in [-0.1, -0.05) is 39.0 Å². The van der Waals surface area contributed by atoms with Crippen LogP contribution in [0.1, 0.15) is 45.4 Å². The molecule has 21 heavy (non-hydrogen) atoms. The topological polar surface area (TPSA) is 18.5 Å². The van der Waals surface area contributed by atoms with Crippen LogP contribution in [0, 0.1) is 5.92 Å². The predicted molar refractivity (Wildman–Crippen MR) is 101 cm³/mol. The van der Waals surface area contributed by atoms with Gasteiger partial charge in [0.15, 0.2) is 16.6 Å². The van der Waals surface area contributed by atoms with Gasteiger partial charge in [-0.05, 0) is 58.2 Å². The fourth-order valence-electron chi connectivity index (χ4n) is 3.43. The second-order valence-electron chi connectivity index (χ2n) is 8.90. The third-order valence-corrected chi connectivity index (χ3v) is 14.2. The van der Waals surface area contributed by atoms with Gasteiger partial charge >= 0.3 is 8.56 Å². The summed E-state index contributed by atoms with van der Waals surface area (Å²) in [6.07, 6.45) is 8.29. The van der Waals surface area contributed by atoms with Gasteiger partial charge in [-0.25, -0.2) is 0 Å². The van der Waals surface area contributed by atoms with Gasteiger partial charge in [0.25, 0.3) is 0 Å². The van der Waals surface area contributed by atoms with Crippen LogP contribution in [0.2, 0.25) is 51.4 Å². The van der Waals surface area contributed by atoms with E-state index in [4.69, 9.17) is 8.23 Å². The third-order valence-electron chi connectivity index (χ3n) is 4.04. The zero-order chi connectivity index (χ0) is 16.3. The van der Waals surface area contributed by atoms with Gasteiger partial charge in [-0.15, -0.1) is 0 Å². The third kappa shape index (κ3) is 7.59. The lowest BCUT2D eigenvalue weighted by molar-refractivity contribution is 0.377. The van der Waals surface area contributed by atoms with E-state index in [0.717, 1.165) is 11.5 Å². The van der Waals surface area contributed by atoms with Gasteiger partial charge in [0.1, 0.15) is 0 Å². The standard InChI is InChI=1S/C16H38O2Si3/c1-9-10-11-12-13-15-14-16(15)21(8,17-19(2,3)4)18-20(5,6)7/h15-16H,9-14H2,1-8H3/t15-,16-/m0/s1. The van der Waals surface area contributed by atoms with E-state index in [1.54, 1.807) is 0 Å². The molecule has 0 spiro atoms. The van der Waals surface area contributed by atoms with Crippen molar-refractivity contribution in [3.05, 3.63) is 0 Å². The van der Waals surface area contributed by atoms with Crippen LogP contribution in [-0.4, -0.2) is 25.2 Å². The highest BCUT2D eigenvalue weighted by Gasteiger charge is 2.57. The Morgan fingerprint density at radius 1 is 0.810 bits per heavy atom. The Morgan fingerprint density at radius 3 is 1.76 bits per heavy atom. The largest absolute Gasteiger partial charge is 0.436 e. The molecule has 0 aromatic heterocycles. The highest BCUT2D eigenvalue weighted by molar-refractivity contribution is 6.88. The first kappa shape index (κ1) is 19.6. The minimum Gasteiger partial charge on any atom is -0.436 e. The molecular weight excluding hydrogens is 308 g/mol. The van der Waals surface area contributed by atoms with Crippen molar-refractivity contribution in [2.45, 2.75) is 96.8 Å². The Morgan fingerprint density at radius 2 is 1.33 bits per heavy atom. The fourth-order valence-corrected chi connectivity index (χ4v) is 16.7. The molecule has 0 aromatic rings. The van der Waals surface area contributed by atoms with Crippen LogP contribution in [0.15, 0.2) is 0 Å². The molecule has 1 rings (SSSR count). The van der Waals surface area contributed by atoms with Crippen LogP contribution in [0.4, 0.5) is 0 Å². The fraction of sp³-hybridized carbons (Fsp3) is 1.00. The van der Waals surface area contributed by atoms with Crippen LogP contribution in [0.3, 0.4) is 0 Å². The summed E-state index contributed by atoms with van der Waals surface area (Å²) in [6, 6.07) is 0. The Kier molecular flexibility index (Phi) is 6.94. The molecule has 1 aliphatic carbocycles. The smallest absolute Gasteiger partial charge is 0.317 e. The van der Waals surface area contributed by atoms with Crippen LogP contribution in [0.5, 0.6) is 0 Å². The van der Waals surface area contributed by atoms with E-state index in [1.807, 2.05) is 0 Å². The molecule has 0 heterocycles. The summed E-state index contributed by atoms with van der Waals surface area (Å²) in [5.41, 5.74) is 0.762. The predicted octanol–water partition coefficient (Wildman–Crippen LogP) is 6.12. The minimum absolute atomic E-state index is 0.762. The van der Waals surface area contributed by atoms with E-state index in [-0.39, 0.29) is 0 Å². The lowest BCUT2D eigenvalue weighted by atomic mass is 10.1. The SMILES string of the molecule is CCCCCC[C@H]1C[C@@H]1[Si](C)(O[Si](C)(C)C)O[Si](C)(C)C. The molecule has 126 valence electrons. The first-order valence-corrected chi connectivity index (χ1v) is 18.1. The second kappa shape index (κ2) is 7.43. The summed E-state index contributed by atoms with van der Waals surface area (Å²) >= 11 is 0. The van der Waals surface area contributed by atoms with Gasteiger partial charge in [0.2, 0.25) is 0 Å². The summed E-state index contributed by atoms with van der Waals surface area (Å²) < 4.78 is 13.3. The number of unbranched alkanes of at least 4 members (excludes halogenated alkanes) is 3. The van der Waals surface area contributed by atoms with Crippen molar-refractivity contribution in [3.63, 3.8) is 0 Å². The maximum absolute atomic E-state index is 6.67. The van der Waals surface area contributed by atoms with Crippen molar-refractivity contribution in [2.75, 3.05) is 0 Å². The zero-order valence-corrected chi connectivity index (χ0v) is 18.7. The molecule has 1 fully saturated rings. The van der Waals surface area contributed by atoms with Crippen molar-refractivity contribution in [1.29, 1.82) is 0 Å². The monoisotopic (exact) mass is 346 g/mol. The molecule has 0 unspecified atom stereocenters. The van der Waals surface area contributed by atoms with Crippen molar-refractivity contribution in [3.8, 4) is 0 Å². The van der Waals surface area contributed by atoms with E-state index in [2.05, 4.69) is 52.8 Å². The lowest BCUT2D eigenvalue weighted by Gasteiger charge is -2.39. The molecule has 2 atom stereocenters. The van der Waals surface area contributed by atoms with Gasteiger partial charge in [0.05, 0.1) is 0 Å². The van der Waals surface area contributed by atoms with Gasteiger partial charge in [-0.3, -0.25) is 0 Å². The molecule has 0 aliphatic heterocycles. The summed E-state index contributed by atoms with van der Waals surface area (Å²) in [4.78, 5) is 0. The molecule has 2 nitrogen and oxygen atoms in total. The summed E-state index contributed by atoms with van der Waals surface area (Å²) in [6.45, 7) is 18.5. The van der Waals surface area contributed by atoms with Crippen LogP contribution < -0.4 is 0 Å². The first-order chi connectivity index (χ1) is 9.47. The van der Waals surface area contributed by atoms with Crippen molar-refractivity contribution in [1.82, 2.24) is 0 Å². The Bertz CT molecular complexity index is 304. The van der Waals surface area contributed by atoms with Crippen molar-refractivity contribution >= 4 is 25.2 Å². The molecule has 0 bridgehead atoms. The van der Waals surface area contributed by atoms with Crippen LogP contribution in [0.25, 0.3) is 0 Å². The maximum atomic E-state index is 6.67. The summed E-state index contributed by atoms with van der Waals surface area (Å²) in [7, 11) is -5.05. The molecule has 5 heteroatoms. The van der Waals surface area contributed by atoms with Crippen molar-refractivity contribution < 1.29 is 8.23 Å². The Balaban J connectivity index is 2.59. The van der Waals surface area contributed by atoms with E-state index >= 15 is 0 Å². The first-order valence-electron chi connectivity index (χ1n) is 8.87. The number of hydrogen-bond donors (Lipinski definition) is 0. The molecular formula is C16H38O2Si3. The van der Waals surface area contributed by atoms with E-state index < -0.39 is 25.2 Å². The Labute approximate surface area is 136 Å². The molecule has 1 aliphatic rings.